The zero-order chi connectivity index (χ0) is 13.8. The van der Waals surface area contributed by atoms with E-state index in [-0.39, 0.29) is 5.91 Å². The lowest BCUT2D eigenvalue weighted by molar-refractivity contribution is 0.0682. The fraction of sp³-hybridized carbons (Fsp3) is 0.500. The molecule has 19 heavy (non-hydrogen) atoms. The molecule has 0 radical (unpaired) electrons. The van der Waals surface area contributed by atoms with Crippen molar-refractivity contribution in [3.8, 4) is 0 Å². The van der Waals surface area contributed by atoms with E-state index >= 15 is 0 Å². The maximum Gasteiger partial charge on any atom is 0.255 e. The van der Waals surface area contributed by atoms with E-state index in [1.807, 2.05) is 6.07 Å². The normalized spacial score (nSPS) is 14.4. The summed E-state index contributed by atoms with van der Waals surface area (Å²) in [6, 6.07) is 5.30. The Kier molecular flexibility index (Phi) is 4.82. The molecule has 0 aromatic heterocycles. The van der Waals surface area contributed by atoms with Crippen LogP contribution in [-0.2, 0) is 4.74 Å². The van der Waals surface area contributed by atoms with Crippen molar-refractivity contribution >= 4 is 27.5 Å². The number of halogens is 1. The van der Waals surface area contributed by atoms with Gasteiger partial charge in [-0.25, -0.2) is 0 Å². The average Bonchev–Trinajstić information content (AvgIpc) is 3.20. The molecule has 0 heterocycles. The van der Waals surface area contributed by atoms with Gasteiger partial charge in [-0.3, -0.25) is 4.79 Å². The predicted octanol–water partition coefficient (Wildman–Crippen LogP) is 2.53. The molecular weight excluding hydrogens is 308 g/mol. The number of anilines is 1. The maximum atomic E-state index is 12.2. The van der Waals surface area contributed by atoms with Crippen LogP contribution in [0.3, 0.4) is 0 Å². The molecule has 1 saturated carbocycles. The van der Waals surface area contributed by atoms with Gasteiger partial charge in [-0.05, 0) is 37.0 Å². The second kappa shape index (κ2) is 6.39. The van der Waals surface area contributed by atoms with E-state index in [1.165, 1.54) is 12.8 Å². The number of nitrogens with two attached hydrogens (primary N) is 1. The van der Waals surface area contributed by atoms with Crippen LogP contribution in [0.5, 0.6) is 0 Å². The quantitative estimate of drug-likeness (QED) is 0.645. The van der Waals surface area contributed by atoms with Crippen LogP contribution in [0.15, 0.2) is 22.7 Å². The molecule has 1 fully saturated rings. The molecule has 5 heteroatoms. The van der Waals surface area contributed by atoms with Crippen molar-refractivity contribution < 1.29 is 9.53 Å². The van der Waals surface area contributed by atoms with Gasteiger partial charge in [-0.1, -0.05) is 15.9 Å². The van der Waals surface area contributed by atoms with Crippen molar-refractivity contribution in [2.45, 2.75) is 12.8 Å². The second-order valence-corrected chi connectivity index (χ2v) is 5.89. The highest BCUT2D eigenvalue weighted by Gasteiger charge is 2.21. The van der Waals surface area contributed by atoms with E-state index < -0.39 is 0 Å². The first-order valence-corrected chi connectivity index (χ1v) is 7.25. The summed E-state index contributed by atoms with van der Waals surface area (Å²) in [7, 11) is 1.77. The number of hydrogen-bond acceptors (Lipinski definition) is 3. The zero-order valence-corrected chi connectivity index (χ0v) is 12.6. The van der Waals surface area contributed by atoms with E-state index in [2.05, 4.69) is 15.9 Å². The van der Waals surface area contributed by atoms with Gasteiger partial charge in [-0.2, -0.15) is 0 Å². The van der Waals surface area contributed by atoms with Crippen LogP contribution >= 0.6 is 15.9 Å². The van der Waals surface area contributed by atoms with Gasteiger partial charge in [0.1, 0.15) is 0 Å². The lowest BCUT2D eigenvalue weighted by Gasteiger charge is -2.18. The van der Waals surface area contributed by atoms with Crippen molar-refractivity contribution in [1.29, 1.82) is 0 Å². The molecular formula is C14H19BrN2O2. The minimum atomic E-state index is -0.0752. The summed E-state index contributed by atoms with van der Waals surface area (Å²) in [4.78, 5) is 13.9. The van der Waals surface area contributed by atoms with Crippen molar-refractivity contribution in [3.63, 3.8) is 0 Å². The van der Waals surface area contributed by atoms with E-state index in [0.29, 0.717) is 24.4 Å². The first-order valence-electron chi connectivity index (χ1n) is 6.46. The standard InChI is InChI=1S/C14H19BrN2O2/c1-17(6-7-19-9-10-2-3-10)14(18)12-8-11(15)4-5-13(12)16/h4-5,8,10H,2-3,6-7,9,16H2,1H3. The smallest absolute Gasteiger partial charge is 0.255 e. The number of nitrogens with zero attached hydrogens (tertiary/aromatic N) is 1. The van der Waals surface area contributed by atoms with Crippen molar-refractivity contribution in [2.24, 2.45) is 5.92 Å². The topological polar surface area (TPSA) is 55.6 Å². The maximum absolute atomic E-state index is 12.2. The molecule has 0 bridgehead atoms. The molecule has 1 amide bonds. The van der Waals surface area contributed by atoms with Gasteiger partial charge in [0.25, 0.3) is 5.91 Å². The third kappa shape index (κ3) is 4.21. The largest absolute Gasteiger partial charge is 0.398 e. The zero-order valence-electron chi connectivity index (χ0n) is 11.1. The van der Waals surface area contributed by atoms with Gasteiger partial charge in [-0.15, -0.1) is 0 Å². The summed E-state index contributed by atoms with van der Waals surface area (Å²) in [5.74, 6) is 0.676. The van der Waals surface area contributed by atoms with Gasteiger partial charge in [0.15, 0.2) is 0 Å². The van der Waals surface area contributed by atoms with Crippen LogP contribution in [0.2, 0.25) is 0 Å². The lowest BCUT2D eigenvalue weighted by atomic mass is 10.1. The summed E-state index contributed by atoms with van der Waals surface area (Å²) in [5.41, 5.74) is 6.86. The number of carbonyl (C=O) groups excluding carboxylic acids is 1. The molecule has 0 unspecified atom stereocenters. The lowest BCUT2D eigenvalue weighted by Crippen LogP contribution is -2.30. The highest BCUT2D eigenvalue weighted by Crippen LogP contribution is 2.28. The molecule has 1 aliphatic rings. The average molecular weight is 327 g/mol. The number of benzene rings is 1. The van der Waals surface area contributed by atoms with Crippen LogP contribution in [0.1, 0.15) is 23.2 Å². The first-order chi connectivity index (χ1) is 9.08. The molecule has 4 nitrogen and oxygen atoms in total. The van der Waals surface area contributed by atoms with Gasteiger partial charge in [0, 0.05) is 30.4 Å². The number of likely N-dealkylation sites (N-methyl/N-ethyl adjacent to an activating group) is 1. The molecule has 0 aliphatic heterocycles. The van der Waals surface area contributed by atoms with Crippen LogP contribution in [0, 0.1) is 5.92 Å². The highest BCUT2D eigenvalue weighted by molar-refractivity contribution is 9.10. The monoisotopic (exact) mass is 326 g/mol. The molecule has 1 aliphatic carbocycles. The summed E-state index contributed by atoms with van der Waals surface area (Å²) in [6.07, 6.45) is 2.56. The van der Waals surface area contributed by atoms with E-state index in [0.717, 1.165) is 17.0 Å². The fourth-order valence-corrected chi connectivity index (χ4v) is 2.12. The van der Waals surface area contributed by atoms with Crippen LogP contribution in [-0.4, -0.2) is 37.6 Å². The summed E-state index contributed by atoms with van der Waals surface area (Å²) in [6.45, 7) is 1.98. The van der Waals surface area contributed by atoms with Crippen LogP contribution in [0.4, 0.5) is 5.69 Å². The number of amides is 1. The SMILES string of the molecule is CN(CCOCC1CC1)C(=O)c1cc(Br)ccc1N. The third-order valence-electron chi connectivity index (χ3n) is 3.21. The third-order valence-corrected chi connectivity index (χ3v) is 3.71. The predicted molar refractivity (Wildman–Crippen MR) is 79.1 cm³/mol. The molecule has 1 aromatic rings. The molecule has 104 valence electrons. The molecule has 2 rings (SSSR count). The minimum Gasteiger partial charge on any atom is -0.398 e. The number of nitrogen functional groups attached to an aromatic ring is 1. The van der Waals surface area contributed by atoms with Gasteiger partial charge in [0.05, 0.1) is 12.2 Å². The first kappa shape index (κ1) is 14.3. The van der Waals surface area contributed by atoms with Gasteiger partial charge < -0.3 is 15.4 Å². The summed E-state index contributed by atoms with van der Waals surface area (Å²) in [5, 5.41) is 0. The van der Waals surface area contributed by atoms with Crippen molar-refractivity contribution in [2.75, 3.05) is 32.5 Å². The molecule has 0 spiro atoms. The van der Waals surface area contributed by atoms with Crippen molar-refractivity contribution in [1.82, 2.24) is 4.90 Å². The van der Waals surface area contributed by atoms with E-state index in [1.54, 1.807) is 24.1 Å². The fourth-order valence-electron chi connectivity index (χ4n) is 1.76. The van der Waals surface area contributed by atoms with E-state index in [4.69, 9.17) is 10.5 Å². The number of rotatable bonds is 6. The second-order valence-electron chi connectivity index (χ2n) is 4.98. The Morgan fingerprint density at radius 1 is 1.53 bits per heavy atom. The van der Waals surface area contributed by atoms with E-state index in [9.17, 15) is 4.79 Å². The Hall–Kier alpha value is -1.07. The number of carbonyl (C=O) groups is 1. The Morgan fingerprint density at radius 2 is 2.26 bits per heavy atom. The highest BCUT2D eigenvalue weighted by atomic mass is 79.9. The van der Waals surface area contributed by atoms with Gasteiger partial charge >= 0.3 is 0 Å². The van der Waals surface area contributed by atoms with Crippen molar-refractivity contribution in [3.05, 3.63) is 28.2 Å². The minimum absolute atomic E-state index is 0.0752. The molecule has 2 N–H and O–H groups in total. The van der Waals surface area contributed by atoms with Gasteiger partial charge in [0.2, 0.25) is 0 Å². The Morgan fingerprint density at radius 3 is 2.95 bits per heavy atom. The van der Waals surface area contributed by atoms with Crippen LogP contribution in [0.25, 0.3) is 0 Å². The summed E-state index contributed by atoms with van der Waals surface area (Å²) < 4.78 is 6.38. The molecule has 1 aromatic carbocycles. The summed E-state index contributed by atoms with van der Waals surface area (Å²) >= 11 is 3.35. The van der Waals surface area contributed by atoms with Crippen LogP contribution < -0.4 is 5.73 Å². The Balaban J connectivity index is 1.84. The Labute approximate surface area is 122 Å². The molecule has 0 atom stereocenters. The Bertz CT molecular complexity index is 461. The molecule has 0 saturated heterocycles. The number of ether oxygens (including phenoxy) is 1. The number of hydrogen-bond donors (Lipinski definition) is 1.